The van der Waals surface area contributed by atoms with Gasteiger partial charge in [-0.15, -0.1) is 24.0 Å². The molecule has 0 aliphatic rings. The van der Waals surface area contributed by atoms with Crippen molar-refractivity contribution < 1.29 is 0 Å². The number of thioether (sulfide) groups is 1. The third kappa shape index (κ3) is 7.61. The number of aliphatic imine (C=N–C) groups is 1. The van der Waals surface area contributed by atoms with E-state index in [1.165, 1.54) is 0 Å². The SMILES string of the molecule is CN=C(NCC(C)(C)SC)NC(C)c1cccc(Cl)c1.I. The fourth-order valence-corrected chi connectivity index (χ4v) is 2.04. The minimum Gasteiger partial charge on any atom is -0.355 e. The first-order chi connectivity index (χ1) is 9.38. The van der Waals surface area contributed by atoms with E-state index in [-0.39, 0.29) is 34.8 Å². The Hall–Kier alpha value is -0.140. The lowest BCUT2D eigenvalue weighted by atomic mass is 10.1. The largest absolute Gasteiger partial charge is 0.355 e. The molecule has 2 N–H and O–H groups in total. The molecule has 1 unspecified atom stereocenters. The maximum atomic E-state index is 6.02. The van der Waals surface area contributed by atoms with Crippen LogP contribution in [0.25, 0.3) is 0 Å². The summed E-state index contributed by atoms with van der Waals surface area (Å²) in [4.78, 5) is 4.27. The van der Waals surface area contributed by atoms with Gasteiger partial charge in [-0.05, 0) is 44.7 Å². The van der Waals surface area contributed by atoms with Crippen LogP contribution in [0.3, 0.4) is 0 Å². The van der Waals surface area contributed by atoms with Gasteiger partial charge in [0.2, 0.25) is 0 Å². The van der Waals surface area contributed by atoms with Gasteiger partial charge in [-0.1, -0.05) is 23.7 Å². The maximum absolute atomic E-state index is 6.02. The number of benzene rings is 1. The second-order valence-electron chi connectivity index (χ2n) is 5.31. The van der Waals surface area contributed by atoms with Gasteiger partial charge in [0.05, 0.1) is 6.04 Å². The Kier molecular flexibility index (Phi) is 9.73. The van der Waals surface area contributed by atoms with Crippen LogP contribution in [-0.4, -0.2) is 30.6 Å². The van der Waals surface area contributed by atoms with Crippen LogP contribution >= 0.6 is 47.3 Å². The highest BCUT2D eigenvalue weighted by Gasteiger charge is 2.17. The molecule has 120 valence electrons. The highest BCUT2D eigenvalue weighted by Crippen LogP contribution is 2.20. The van der Waals surface area contributed by atoms with E-state index in [2.05, 4.69) is 48.7 Å². The molecule has 21 heavy (non-hydrogen) atoms. The Balaban J connectivity index is 0.00000400. The Morgan fingerprint density at radius 3 is 2.62 bits per heavy atom. The van der Waals surface area contributed by atoms with Crippen LogP contribution in [0.4, 0.5) is 0 Å². The molecule has 6 heteroatoms. The molecule has 1 atom stereocenters. The molecule has 0 amide bonds. The van der Waals surface area contributed by atoms with Crippen molar-refractivity contribution in [1.82, 2.24) is 10.6 Å². The molecule has 1 aromatic rings. The number of halogens is 2. The summed E-state index contributed by atoms with van der Waals surface area (Å²) < 4.78 is 0.177. The van der Waals surface area contributed by atoms with Crippen molar-refractivity contribution in [2.75, 3.05) is 19.8 Å². The molecule has 0 aliphatic carbocycles. The van der Waals surface area contributed by atoms with Gasteiger partial charge in [0.25, 0.3) is 0 Å². The molecule has 1 aromatic carbocycles. The highest BCUT2D eigenvalue weighted by molar-refractivity contribution is 14.0. The van der Waals surface area contributed by atoms with Crippen LogP contribution in [0.15, 0.2) is 29.3 Å². The minimum atomic E-state index is 0. The van der Waals surface area contributed by atoms with Crippen LogP contribution in [0.5, 0.6) is 0 Å². The Labute approximate surface area is 154 Å². The molecule has 0 fully saturated rings. The van der Waals surface area contributed by atoms with E-state index in [0.717, 1.165) is 23.1 Å². The summed E-state index contributed by atoms with van der Waals surface area (Å²) in [5.74, 6) is 0.805. The summed E-state index contributed by atoms with van der Waals surface area (Å²) >= 11 is 7.86. The van der Waals surface area contributed by atoms with Crippen LogP contribution in [-0.2, 0) is 0 Å². The molecule has 0 aromatic heterocycles. The van der Waals surface area contributed by atoms with E-state index in [1.807, 2.05) is 30.0 Å². The molecule has 0 saturated carbocycles. The number of guanidine groups is 1. The lowest BCUT2D eigenvalue weighted by Crippen LogP contribution is -2.44. The van der Waals surface area contributed by atoms with Crippen molar-refractivity contribution in [3.63, 3.8) is 0 Å². The number of hydrogen-bond acceptors (Lipinski definition) is 2. The zero-order valence-electron chi connectivity index (χ0n) is 13.2. The summed E-state index contributed by atoms with van der Waals surface area (Å²) in [6, 6.07) is 8.02. The fraction of sp³-hybridized carbons (Fsp3) is 0.533. The fourth-order valence-electron chi connectivity index (χ4n) is 1.63. The summed E-state index contributed by atoms with van der Waals surface area (Å²) in [6.07, 6.45) is 2.12. The Bertz CT molecular complexity index is 466. The highest BCUT2D eigenvalue weighted by atomic mass is 127. The second kappa shape index (κ2) is 9.79. The average Bonchev–Trinajstić information content (AvgIpc) is 2.43. The molecular weight excluding hydrogens is 417 g/mol. The molecular formula is C15H25ClIN3S. The van der Waals surface area contributed by atoms with E-state index in [4.69, 9.17) is 11.6 Å². The van der Waals surface area contributed by atoms with E-state index in [1.54, 1.807) is 7.05 Å². The predicted molar refractivity (Wildman–Crippen MR) is 107 cm³/mol. The first-order valence-corrected chi connectivity index (χ1v) is 8.26. The number of rotatable bonds is 5. The Morgan fingerprint density at radius 1 is 1.43 bits per heavy atom. The van der Waals surface area contributed by atoms with Gasteiger partial charge in [0, 0.05) is 23.4 Å². The van der Waals surface area contributed by atoms with E-state index >= 15 is 0 Å². The smallest absolute Gasteiger partial charge is 0.191 e. The average molecular weight is 442 g/mol. The first-order valence-electron chi connectivity index (χ1n) is 6.66. The first kappa shape index (κ1) is 20.9. The zero-order valence-corrected chi connectivity index (χ0v) is 17.1. The number of nitrogens with one attached hydrogen (secondary N) is 2. The van der Waals surface area contributed by atoms with Crippen molar-refractivity contribution >= 4 is 53.3 Å². The molecule has 0 spiro atoms. The summed E-state index contributed by atoms with van der Waals surface area (Å²) in [7, 11) is 1.78. The normalized spacial score (nSPS) is 13.3. The zero-order chi connectivity index (χ0) is 15.2. The number of nitrogens with zero attached hydrogens (tertiary/aromatic N) is 1. The van der Waals surface area contributed by atoms with Crippen LogP contribution in [0.1, 0.15) is 32.4 Å². The second-order valence-corrected chi connectivity index (χ2v) is 7.26. The van der Waals surface area contributed by atoms with Crippen LogP contribution < -0.4 is 10.6 Å². The summed E-state index contributed by atoms with van der Waals surface area (Å²) in [6.45, 7) is 7.37. The molecule has 0 radical (unpaired) electrons. The third-order valence-electron chi connectivity index (χ3n) is 3.16. The van der Waals surface area contributed by atoms with Crippen LogP contribution in [0.2, 0.25) is 5.02 Å². The van der Waals surface area contributed by atoms with Crippen molar-refractivity contribution in [2.45, 2.75) is 31.6 Å². The standard InChI is InChI=1S/C15H24ClN3S.HI/c1-11(12-7-6-8-13(16)9-12)19-14(17-4)18-10-15(2,3)20-5;/h6-9,11H,10H2,1-5H3,(H2,17,18,19);1H. The quantitative estimate of drug-likeness (QED) is 0.406. The lowest BCUT2D eigenvalue weighted by molar-refractivity contribution is 0.639. The molecule has 0 heterocycles. The van der Waals surface area contributed by atoms with Crippen molar-refractivity contribution in [1.29, 1.82) is 0 Å². The monoisotopic (exact) mass is 441 g/mol. The Morgan fingerprint density at radius 2 is 2.10 bits per heavy atom. The molecule has 0 saturated heterocycles. The van der Waals surface area contributed by atoms with Crippen molar-refractivity contribution in [2.24, 2.45) is 4.99 Å². The molecule has 0 aliphatic heterocycles. The minimum absolute atomic E-state index is 0. The maximum Gasteiger partial charge on any atom is 0.191 e. The van der Waals surface area contributed by atoms with Gasteiger partial charge in [-0.2, -0.15) is 11.8 Å². The van der Waals surface area contributed by atoms with Gasteiger partial charge in [0.15, 0.2) is 5.96 Å². The van der Waals surface area contributed by atoms with Gasteiger partial charge < -0.3 is 10.6 Å². The molecule has 3 nitrogen and oxygen atoms in total. The lowest BCUT2D eigenvalue weighted by Gasteiger charge is -2.25. The van der Waals surface area contributed by atoms with E-state index in [9.17, 15) is 0 Å². The number of hydrogen-bond donors (Lipinski definition) is 2. The molecule has 0 bridgehead atoms. The summed E-state index contributed by atoms with van der Waals surface area (Å²) in [5, 5.41) is 7.49. The van der Waals surface area contributed by atoms with Crippen LogP contribution in [0, 0.1) is 0 Å². The van der Waals surface area contributed by atoms with Crippen molar-refractivity contribution in [3.05, 3.63) is 34.9 Å². The van der Waals surface area contributed by atoms with Gasteiger partial charge in [-0.3, -0.25) is 4.99 Å². The van der Waals surface area contributed by atoms with Gasteiger partial charge in [-0.25, -0.2) is 0 Å². The molecule has 1 rings (SSSR count). The summed E-state index contributed by atoms with van der Waals surface area (Å²) in [5.41, 5.74) is 1.14. The van der Waals surface area contributed by atoms with Gasteiger partial charge in [0.1, 0.15) is 0 Å². The van der Waals surface area contributed by atoms with E-state index in [0.29, 0.717) is 0 Å². The van der Waals surface area contributed by atoms with E-state index < -0.39 is 0 Å². The van der Waals surface area contributed by atoms with Gasteiger partial charge >= 0.3 is 0 Å². The topological polar surface area (TPSA) is 36.4 Å². The third-order valence-corrected chi connectivity index (χ3v) is 4.64. The van der Waals surface area contributed by atoms with Crippen molar-refractivity contribution in [3.8, 4) is 0 Å². The predicted octanol–water partition coefficient (Wildman–Crippen LogP) is 4.33.